The highest BCUT2D eigenvalue weighted by atomic mass is 15.0. The van der Waals surface area contributed by atoms with Gasteiger partial charge in [0.15, 0.2) is 0 Å². The van der Waals surface area contributed by atoms with Crippen molar-refractivity contribution in [3.63, 3.8) is 0 Å². The highest BCUT2D eigenvalue weighted by molar-refractivity contribution is 5.77. The molecule has 3 nitrogen and oxygen atoms in total. The summed E-state index contributed by atoms with van der Waals surface area (Å²) >= 11 is 0. The molecule has 2 aromatic rings. The maximum atomic E-state index is 4.47. The summed E-state index contributed by atoms with van der Waals surface area (Å²) in [6.45, 7) is 7.51. The molecular formula is C14H21N3. The minimum Gasteiger partial charge on any atom is -0.331 e. The average molecular weight is 231 g/mol. The van der Waals surface area contributed by atoms with Crippen molar-refractivity contribution in [1.29, 1.82) is 0 Å². The standard InChI is InChI=1S/C14H21N3/c1-10-7-13-14(8-11(10)2)17(9-16-13)6-5-12(3)15-4/h7-9,12,15H,5-6H2,1-4H3. The van der Waals surface area contributed by atoms with Gasteiger partial charge in [0.2, 0.25) is 0 Å². The molecule has 17 heavy (non-hydrogen) atoms. The maximum Gasteiger partial charge on any atom is 0.0958 e. The van der Waals surface area contributed by atoms with Crippen molar-refractivity contribution in [2.75, 3.05) is 7.05 Å². The minimum absolute atomic E-state index is 0.541. The van der Waals surface area contributed by atoms with Gasteiger partial charge in [-0.3, -0.25) is 0 Å². The van der Waals surface area contributed by atoms with Crippen LogP contribution in [0.25, 0.3) is 11.0 Å². The molecule has 1 aromatic heterocycles. The molecule has 0 bridgehead atoms. The van der Waals surface area contributed by atoms with Crippen LogP contribution in [0.1, 0.15) is 24.5 Å². The van der Waals surface area contributed by atoms with Crippen LogP contribution in [0.2, 0.25) is 0 Å². The molecule has 1 heterocycles. The van der Waals surface area contributed by atoms with Crippen LogP contribution in [-0.4, -0.2) is 22.6 Å². The normalized spacial score (nSPS) is 13.2. The lowest BCUT2D eigenvalue weighted by Crippen LogP contribution is -2.22. The fraction of sp³-hybridized carbons (Fsp3) is 0.500. The van der Waals surface area contributed by atoms with E-state index in [-0.39, 0.29) is 0 Å². The van der Waals surface area contributed by atoms with E-state index in [9.17, 15) is 0 Å². The van der Waals surface area contributed by atoms with Crippen molar-refractivity contribution in [3.05, 3.63) is 29.6 Å². The number of imidazole rings is 1. The Morgan fingerprint density at radius 1 is 1.29 bits per heavy atom. The molecule has 0 saturated carbocycles. The first-order valence-corrected chi connectivity index (χ1v) is 6.21. The number of hydrogen-bond acceptors (Lipinski definition) is 2. The summed E-state index contributed by atoms with van der Waals surface area (Å²) in [5, 5.41) is 3.26. The van der Waals surface area contributed by atoms with Crippen molar-refractivity contribution in [1.82, 2.24) is 14.9 Å². The predicted molar refractivity (Wildman–Crippen MR) is 72.3 cm³/mol. The van der Waals surface area contributed by atoms with Gasteiger partial charge in [-0.1, -0.05) is 0 Å². The molecule has 92 valence electrons. The van der Waals surface area contributed by atoms with E-state index in [0.29, 0.717) is 6.04 Å². The largest absolute Gasteiger partial charge is 0.331 e. The maximum absolute atomic E-state index is 4.47. The van der Waals surface area contributed by atoms with Crippen LogP contribution < -0.4 is 5.32 Å². The second-order valence-corrected chi connectivity index (χ2v) is 4.84. The first kappa shape index (κ1) is 12.1. The van der Waals surface area contributed by atoms with Gasteiger partial charge in [-0.2, -0.15) is 0 Å². The Morgan fingerprint density at radius 2 is 2.00 bits per heavy atom. The zero-order valence-electron chi connectivity index (χ0n) is 11.1. The zero-order chi connectivity index (χ0) is 12.4. The molecule has 1 aromatic carbocycles. The number of hydrogen-bond donors (Lipinski definition) is 1. The third-order valence-electron chi connectivity index (χ3n) is 3.53. The zero-order valence-corrected chi connectivity index (χ0v) is 11.1. The van der Waals surface area contributed by atoms with E-state index in [0.717, 1.165) is 18.5 Å². The van der Waals surface area contributed by atoms with Crippen LogP contribution in [0.3, 0.4) is 0 Å². The fourth-order valence-corrected chi connectivity index (χ4v) is 1.97. The Labute approximate surface area is 103 Å². The van der Waals surface area contributed by atoms with E-state index in [2.05, 4.69) is 47.8 Å². The van der Waals surface area contributed by atoms with E-state index in [1.165, 1.54) is 16.6 Å². The monoisotopic (exact) mass is 231 g/mol. The van der Waals surface area contributed by atoms with Crippen LogP contribution >= 0.6 is 0 Å². The smallest absolute Gasteiger partial charge is 0.0958 e. The molecule has 0 spiro atoms. The molecule has 0 fully saturated rings. The summed E-state index contributed by atoms with van der Waals surface area (Å²) in [5.41, 5.74) is 4.99. The van der Waals surface area contributed by atoms with Crippen molar-refractivity contribution in [2.45, 2.75) is 39.8 Å². The average Bonchev–Trinajstić information content (AvgIpc) is 2.69. The molecule has 0 aliphatic rings. The van der Waals surface area contributed by atoms with E-state index < -0.39 is 0 Å². The lowest BCUT2D eigenvalue weighted by atomic mass is 10.1. The molecule has 1 atom stereocenters. The number of nitrogens with zero attached hydrogens (tertiary/aromatic N) is 2. The van der Waals surface area contributed by atoms with Gasteiger partial charge >= 0.3 is 0 Å². The quantitative estimate of drug-likeness (QED) is 0.876. The van der Waals surface area contributed by atoms with Crippen LogP contribution in [0.5, 0.6) is 0 Å². The van der Waals surface area contributed by atoms with Gasteiger partial charge in [0.25, 0.3) is 0 Å². The molecule has 2 rings (SSSR count). The Balaban J connectivity index is 2.26. The summed E-state index contributed by atoms with van der Waals surface area (Å²) in [7, 11) is 2.00. The third-order valence-corrected chi connectivity index (χ3v) is 3.53. The van der Waals surface area contributed by atoms with Gasteiger partial charge < -0.3 is 9.88 Å². The number of nitrogens with one attached hydrogen (secondary N) is 1. The van der Waals surface area contributed by atoms with Gasteiger partial charge in [-0.25, -0.2) is 4.98 Å². The van der Waals surface area contributed by atoms with E-state index in [1.807, 2.05) is 13.4 Å². The first-order chi connectivity index (χ1) is 8.11. The Morgan fingerprint density at radius 3 is 2.71 bits per heavy atom. The molecule has 0 saturated heterocycles. The summed E-state index contributed by atoms with van der Waals surface area (Å²) in [6, 6.07) is 4.95. The Kier molecular flexibility index (Phi) is 3.48. The second kappa shape index (κ2) is 4.88. The third kappa shape index (κ3) is 2.50. The summed E-state index contributed by atoms with van der Waals surface area (Å²) in [6.07, 6.45) is 3.07. The van der Waals surface area contributed by atoms with Crippen LogP contribution in [0.4, 0.5) is 0 Å². The molecule has 0 radical (unpaired) electrons. The number of fused-ring (bicyclic) bond motifs is 1. The minimum atomic E-state index is 0.541. The molecule has 0 aliphatic heterocycles. The molecule has 0 aliphatic carbocycles. The highest BCUT2D eigenvalue weighted by Gasteiger charge is 2.06. The number of aryl methyl sites for hydroxylation is 3. The van der Waals surface area contributed by atoms with Crippen molar-refractivity contribution >= 4 is 11.0 Å². The summed E-state index contributed by atoms with van der Waals surface area (Å²) in [5.74, 6) is 0. The van der Waals surface area contributed by atoms with E-state index >= 15 is 0 Å². The van der Waals surface area contributed by atoms with Crippen molar-refractivity contribution in [3.8, 4) is 0 Å². The molecule has 3 heteroatoms. The summed E-state index contributed by atoms with van der Waals surface area (Å²) < 4.78 is 2.25. The molecular weight excluding hydrogens is 210 g/mol. The predicted octanol–water partition coefficient (Wildman–Crippen LogP) is 2.65. The van der Waals surface area contributed by atoms with Crippen molar-refractivity contribution in [2.24, 2.45) is 0 Å². The van der Waals surface area contributed by atoms with Crippen LogP contribution in [0.15, 0.2) is 18.5 Å². The van der Waals surface area contributed by atoms with Gasteiger partial charge in [0.05, 0.1) is 17.4 Å². The molecule has 0 amide bonds. The van der Waals surface area contributed by atoms with Gasteiger partial charge in [0, 0.05) is 12.6 Å². The first-order valence-electron chi connectivity index (χ1n) is 6.21. The second-order valence-electron chi connectivity index (χ2n) is 4.84. The Hall–Kier alpha value is -1.35. The number of aromatic nitrogens is 2. The van der Waals surface area contributed by atoms with E-state index in [4.69, 9.17) is 0 Å². The van der Waals surface area contributed by atoms with Gasteiger partial charge in [0.1, 0.15) is 0 Å². The lowest BCUT2D eigenvalue weighted by Gasteiger charge is -2.11. The number of rotatable bonds is 4. The number of benzene rings is 1. The van der Waals surface area contributed by atoms with Crippen LogP contribution in [0, 0.1) is 13.8 Å². The van der Waals surface area contributed by atoms with Crippen molar-refractivity contribution < 1.29 is 0 Å². The molecule has 1 N–H and O–H groups in total. The fourth-order valence-electron chi connectivity index (χ4n) is 1.97. The van der Waals surface area contributed by atoms with Gasteiger partial charge in [-0.05, 0) is 57.5 Å². The van der Waals surface area contributed by atoms with E-state index in [1.54, 1.807) is 0 Å². The summed E-state index contributed by atoms with van der Waals surface area (Å²) in [4.78, 5) is 4.47. The SMILES string of the molecule is CNC(C)CCn1cnc2cc(C)c(C)cc21. The highest BCUT2D eigenvalue weighted by Crippen LogP contribution is 2.18. The van der Waals surface area contributed by atoms with Gasteiger partial charge in [-0.15, -0.1) is 0 Å². The Bertz CT molecular complexity index is 513. The van der Waals surface area contributed by atoms with Crippen LogP contribution in [-0.2, 0) is 6.54 Å². The topological polar surface area (TPSA) is 29.9 Å². The molecule has 1 unspecified atom stereocenters. The lowest BCUT2D eigenvalue weighted by molar-refractivity contribution is 0.515.